The van der Waals surface area contributed by atoms with Crippen LogP contribution in [0.1, 0.15) is 35.1 Å². The lowest BCUT2D eigenvalue weighted by molar-refractivity contribution is 0.949. The molecule has 1 N–H and O–H groups in total. The lowest BCUT2D eigenvalue weighted by Gasteiger charge is -2.26. The van der Waals surface area contributed by atoms with E-state index < -0.39 is 0 Å². The van der Waals surface area contributed by atoms with E-state index in [4.69, 9.17) is 0 Å². The lowest BCUT2D eigenvalue weighted by Crippen LogP contribution is -2.21. The van der Waals surface area contributed by atoms with E-state index >= 15 is 0 Å². The summed E-state index contributed by atoms with van der Waals surface area (Å²) in [5.41, 5.74) is 10.7. The molecule has 1 fully saturated rings. The third-order valence-corrected chi connectivity index (χ3v) is 5.91. The Morgan fingerprint density at radius 2 is 1.50 bits per heavy atom. The van der Waals surface area contributed by atoms with Gasteiger partial charge >= 0.3 is 0 Å². The number of benzene rings is 3. The zero-order valence-corrected chi connectivity index (χ0v) is 17.3. The number of nitrogens with zero attached hydrogens (tertiary/aromatic N) is 1. The van der Waals surface area contributed by atoms with Gasteiger partial charge in [0.25, 0.3) is 0 Å². The highest BCUT2D eigenvalue weighted by atomic mass is 15.1. The van der Waals surface area contributed by atoms with Gasteiger partial charge in [0.15, 0.2) is 0 Å². The molecule has 2 nitrogen and oxygen atoms in total. The number of anilines is 2. The van der Waals surface area contributed by atoms with Crippen molar-refractivity contribution in [2.75, 3.05) is 23.3 Å². The van der Waals surface area contributed by atoms with Gasteiger partial charge in [-0.3, -0.25) is 0 Å². The smallest absolute Gasteiger partial charge is 0.0446 e. The lowest BCUT2D eigenvalue weighted by atomic mass is 9.98. The second kappa shape index (κ2) is 8.10. The van der Waals surface area contributed by atoms with Crippen LogP contribution in [0.5, 0.6) is 0 Å². The molecule has 1 heterocycles. The van der Waals surface area contributed by atoms with Gasteiger partial charge in [0.1, 0.15) is 0 Å². The number of rotatable bonds is 5. The van der Waals surface area contributed by atoms with Gasteiger partial charge in [-0.1, -0.05) is 60.7 Å². The predicted octanol–water partition coefficient (Wildman–Crippen LogP) is 6.49. The highest BCUT2D eigenvalue weighted by Crippen LogP contribution is 2.36. The van der Waals surface area contributed by atoms with Gasteiger partial charge in [-0.15, -0.1) is 0 Å². The maximum atomic E-state index is 3.77. The summed E-state index contributed by atoms with van der Waals surface area (Å²) in [5.74, 6) is 0. The Balaban J connectivity index is 1.64. The fraction of sp³-hybridized carbons (Fsp3) is 0.308. The molecular weight excluding hydrogens is 340 g/mol. The Morgan fingerprint density at radius 1 is 0.821 bits per heavy atom. The van der Waals surface area contributed by atoms with Gasteiger partial charge in [0, 0.05) is 31.0 Å². The average molecular weight is 371 g/mol. The Labute approximate surface area is 169 Å². The molecule has 0 amide bonds. The van der Waals surface area contributed by atoms with Crippen molar-refractivity contribution in [3.05, 3.63) is 82.9 Å². The Bertz CT molecular complexity index is 954. The molecule has 1 aliphatic heterocycles. The molecule has 0 saturated carbocycles. The third-order valence-electron chi connectivity index (χ3n) is 5.91. The normalized spacial score (nSPS) is 13.8. The first-order chi connectivity index (χ1) is 13.6. The molecule has 0 radical (unpaired) electrons. The highest BCUT2D eigenvalue weighted by molar-refractivity contribution is 5.74. The van der Waals surface area contributed by atoms with Crippen LogP contribution in [-0.2, 0) is 6.54 Å². The van der Waals surface area contributed by atoms with Crippen LogP contribution in [-0.4, -0.2) is 13.1 Å². The molecule has 28 heavy (non-hydrogen) atoms. The van der Waals surface area contributed by atoms with E-state index in [1.165, 1.54) is 70.7 Å². The summed E-state index contributed by atoms with van der Waals surface area (Å²) in [5, 5.41) is 3.77. The molecule has 1 aliphatic rings. The van der Waals surface area contributed by atoms with Crippen LogP contribution >= 0.6 is 0 Å². The molecule has 3 aromatic rings. The van der Waals surface area contributed by atoms with Crippen LogP contribution in [0.2, 0.25) is 0 Å². The molecule has 1 saturated heterocycles. The van der Waals surface area contributed by atoms with Gasteiger partial charge < -0.3 is 10.2 Å². The van der Waals surface area contributed by atoms with E-state index in [0.29, 0.717) is 0 Å². The summed E-state index contributed by atoms with van der Waals surface area (Å²) in [7, 11) is 0. The van der Waals surface area contributed by atoms with Crippen molar-refractivity contribution >= 4 is 11.4 Å². The van der Waals surface area contributed by atoms with Crippen molar-refractivity contribution in [2.45, 2.75) is 40.2 Å². The zero-order valence-electron chi connectivity index (χ0n) is 17.3. The van der Waals surface area contributed by atoms with E-state index in [2.05, 4.69) is 91.7 Å². The summed E-state index contributed by atoms with van der Waals surface area (Å²) >= 11 is 0. The monoisotopic (exact) mass is 370 g/mol. The summed E-state index contributed by atoms with van der Waals surface area (Å²) in [4.78, 5) is 2.56. The molecule has 0 bridgehead atoms. The van der Waals surface area contributed by atoms with Gasteiger partial charge in [-0.25, -0.2) is 0 Å². The molecule has 0 aromatic heterocycles. The van der Waals surface area contributed by atoms with E-state index in [1.54, 1.807) is 0 Å². The fourth-order valence-corrected chi connectivity index (χ4v) is 4.63. The predicted molar refractivity (Wildman–Crippen MR) is 121 cm³/mol. The van der Waals surface area contributed by atoms with E-state index in [1.807, 2.05) is 0 Å². The molecule has 4 rings (SSSR count). The topological polar surface area (TPSA) is 15.3 Å². The van der Waals surface area contributed by atoms with E-state index in [0.717, 1.165) is 6.54 Å². The second-order valence-electron chi connectivity index (χ2n) is 7.93. The van der Waals surface area contributed by atoms with Crippen molar-refractivity contribution in [1.82, 2.24) is 0 Å². The Morgan fingerprint density at radius 3 is 2.25 bits per heavy atom. The van der Waals surface area contributed by atoms with Crippen LogP contribution in [0.25, 0.3) is 11.1 Å². The van der Waals surface area contributed by atoms with Gasteiger partial charge in [0.05, 0.1) is 0 Å². The quantitative estimate of drug-likeness (QED) is 0.552. The Kier molecular flexibility index (Phi) is 5.38. The SMILES string of the molecule is Cc1cc(C)c(N2CCCC2)c(C)c1NCc1ccccc1-c1ccccc1. The Hall–Kier alpha value is -2.74. The number of hydrogen-bond acceptors (Lipinski definition) is 2. The number of hydrogen-bond donors (Lipinski definition) is 1. The second-order valence-corrected chi connectivity index (χ2v) is 7.93. The first kappa shape index (κ1) is 18.6. The summed E-state index contributed by atoms with van der Waals surface area (Å²) in [6.07, 6.45) is 2.61. The maximum absolute atomic E-state index is 3.77. The van der Waals surface area contributed by atoms with Crippen molar-refractivity contribution in [1.29, 1.82) is 0 Å². The molecular formula is C26H30N2. The van der Waals surface area contributed by atoms with Crippen molar-refractivity contribution in [3.63, 3.8) is 0 Å². The third kappa shape index (κ3) is 3.64. The van der Waals surface area contributed by atoms with Crippen LogP contribution in [0.3, 0.4) is 0 Å². The first-order valence-corrected chi connectivity index (χ1v) is 10.4. The molecule has 2 heteroatoms. The summed E-state index contributed by atoms with van der Waals surface area (Å²) in [6, 6.07) is 21.7. The van der Waals surface area contributed by atoms with Crippen LogP contribution in [0.15, 0.2) is 60.7 Å². The zero-order chi connectivity index (χ0) is 19.5. The standard InChI is InChI=1S/C26H30N2/c1-19-17-20(2)26(28-15-9-10-16-28)21(3)25(19)27-18-23-13-7-8-14-24(23)22-11-5-4-6-12-22/h4-8,11-14,17,27H,9-10,15-16,18H2,1-3H3. The van der Waals surface area contributed by atoms with Crippen LogP contribution in [0, 0.1) is 20.8 Å². The average Bonchev–Trinajstić information content (AvgIpc) is 3.23. The minimum atomic E-state index is 0.829. The van der Waals surface area contributed by atoms with E-state index in [9.17, 15) is 0 Å². The summed E-state index contributed by atoms with van der Waals surface area (Å²) < 4.78 is 0. The van der Waals surface area contributed by atoms with Crippen molar-refractivity contribution in [2.24, 2.45) is 0 Å². The summed E-state index contributed by atoms with van der Waals surface area (Å²) in [6.45, 7) is 9.94. The van der Waals surface area contributed by atoms with Gasteiger partial charge in [-0.2, -0.15) is 0 Å². The minimum absolute atomic E-state index is 0.829. The van der Waals surface area contributed by atoms with Crippen molar-refractivity contribution < 1.29 is 0 Å². The van der Waals surface area contributed by atoms with Crippen LogP contribution < -0.4 is 10.2 Å². The maximum Gasteiger partial charge on any atom is 0.0446 e. The largest absolute Gasteiger partial charge is 0.380 e. The molecule has 0 spiro atoms. The van der Waals surface area contributed by atoms with Gasteiger partial charge in [0.2, 0.25) is 0 Å². The first-order valence-electron chi connectivity index (χ1n) is 10.4. The fourth-order valence-electron chi connectivity index (χ4n) is 4.63. The highest BCUT2D eigenvalue weighted by Gasteiger charge is 2.19. The minimum Gasteiger partial charge on any atom is -0.380 e. The number of aryl methyl sites for hydroxylation is 2. The molecule has 0 aliphatic carbocycles. The van der Waals surface area contributed by atoms with Crippen molar-refractivity contribution in [3.8, 4) is 11.1 Å². The number of nitrogens with one attached hydrogen (secondary N) is 1. The van der Waals surface area contributed by atoms with Crippen LogP contribution in [0.4, 0.5) is 11.4 Å². The van der Waals surface area contributed by atoms with E-state index in [-0.39, 0.29) is 0 Å². The molecule has 3 aromatic carbocycles. The van der Waals surface area contributed by atoms with Gasteiger partial charge in [-0.05, 0) is 67.0 Å². The molecule has 0 atom stereocenters. The molecule has 144 valence electrons. The molecule has 0 unspecified atom stereocenters.